The minimum Gasteiger partial charge on any atom is -0.484 e. The Balaban J connectivity index is 0.00000109. The van der Waals surface area contributed by atoms with Crippen molar-refractivity contribution in [3.05, 3.63) is 129 Å². The van der Waals surface area contributed by atoms with Crippen LogP contribution in [0.2, 0.25) is 10.0 Å². The molecule has 17 heteroatoms. The fourth-order valence-corrected chi connectivity index (χ4v) is 7.18. The van der Waals surface area contributed by atoms with Gasteiger partial charge in [-0.15, -0.1) is 49.6 Å². The normalized spacial score (nSPS) is 17.0. The molecule has 4 N–H and O–H groups in total. The highest BCUT2D eigenvalue weighted by molar-refractivity contribution is 6.30. The Bertz CT molecular complexity index is 1720. The van der Waals surface area contributed by atoms with Crippen molar-refractivity contribution in [2.24, 2.45) is 0 Å². The number of morpholine rings is 2. The Labute approximate surface area is 395 Å². The molecule has 2 fully saturated rings. The van der Waals surface area contributed by atoms with E-state index in [1.165, 1.54) is 11.1 Å². The van der Waals surface area contributed by atoms with Crippen LogP contribution in [-0.2, 0) is 31.9 Å². The molecule has 0 saturated carbocycles. The summed E-state index contributed by atoms with van der Waals surface area (Å²) in [6, 6.07) is 32.5. The highest BCUT2D eigenvalue weighted by Gasteiger charge is 2.27. The van der Waals surface area contributed by atoms with Crippen LogP contribution in [0.5, 0.6) is 11.5 Å². The number of carbonyl (C=O) groups excluding carboxylic acids is 2. The molecule has 340 valence electrons. The predicted molar refractivity (Wildman–Crippen MR) is 254 cm³/mol. The maximum absolute atomic E-state index is 11.3. The second kappa shape index (κ2) is 30.1. The van der Waals surface area contributed by atoms with Crippen molar-refractivity contribution < 1.29 is 34.0 Å². The monoisotopic (exact) mass is 966 g/mol. The molecule has 4 aromatic rings. The number of ether oxygens (including phenoxy) is 4. The Hall–Kier alpha value is -3.04. The Morgan fingerprint density at radius 1 is 0.639 bits per heavy atom. The summed E-state index contributed by atoms with van der Waals surface area (Å²) in [6.07, 6.45) is 1.99. The number of likely N-dealkylation sites (N-methyl/N-ethyl adjacent to an activating group) is 2. The van der Waals surface area contributed by atoms with Gasteiger partial charge >= 0.3 is 0 Å². The molecule has 4 aromatic carbocycles. The summed E-state index contributed by atoms with van der Waals surface area (Å²) in [5.74, 6) is 1.12. The van der Waals surface area contributed by atoms with Crippen LogP contribution in [0.1, 0.15) is 48.3 Å². The zero-order valence-corrected chi connectivity index (χ0v) is 39.6. The third kappa shape index (κ3) is 19.1. The maximum Gasteiger partial charge on any atom is 0.257 e. The summed E-state index contributed by atoms with van der Waals surface area (Å²) in [4.78, 5) is 27.4. The van der Waals surface area contributed by atoms with Crippen LogP contribution in [-0.4, -0.2) is 106 Å². The SMILES string of the molecule is CNC(=O)COc1ccc(CC(C)N2CCOC(c3cccc(Cl)c3)C2)cc1.CNC(=O)COc1ccc(CC(C)N2CCOC(c3cccc(Cl)c3)C2)cc1.Cl.Cl.Cl.Cl.O. The van der Waals surface area contributed by atoms with Gasteiger partial charge in [-0.05, 0) is 97.5 Å². The van der Waals surface area contributed by atoms with Crippen LogP contribution in [0.15, 0.2) is 97.1 Å². The van der Waals surface area contributed by atoms with Crippen molar-refractivity contribution in [3.8, 4) is 11.5 Å². The number of benzene rings is 4. The molecule has 2 aliphatic heterocycles. The average molecular weight is 970 g/mol. The summed E-state index contributed by atoms with van der Waals surface area (Å²) in [5, 5.41) is 6.56. The van der Waals surface area contributed by atoms with E-state index in [0.717, 1.165) is 60.2 Å². The molecule has 2 heterocycles. The van der Waals surface area contributed by atoms with Gasteiger partial charge < -0.3 is 35.1 Å². The van der Waals surface area contributed by atoms with Gasteiger partial charge in [0.25, 0.3) is 11.8 Å². The van der Waals surface area contributed by atoms with Gasteiger partial charge in [0.1, 0.15) is 11.5 Å². The molecule has 4 atom stereocenters. The second-order valence-electron chi connectivity index (χ2n) is 14.1. The number of hydrogen-bond donors (Lipinski definition) is 2. The first kappa shape index (κ1) is 58.0. The van der Waals surface area contributed by atoms with E-state index < -0.39 is 0 Å². The van der Waals surface area contributed by atoms with Gasteiger partial charge in [-0.1, -0.05) is 71.7 Å². The first-order valence-corrected chi connectivity index (χ1v) is 19.9. The number of amides is 2. The summed E-state index contributed by atoms with van der Waals surface area (Å²) >= 11 is 12.3. The van der Waals surface area contributed by atoms with Crippen LogP contribution >= 0.6 is 72.8 Å². The first-order valence-electron chi connectivity index (χ1n) is 19.2. The number of halogens is 6. The largest absolute Gasteiger partial charge is 0.484 e. The molecule has 6 rings (SSSR count). The quantitative estimate of drug-likeness (QED) is 0.131. The molecular weight excluding hydrogens is 909 g/mol. The van der Waals surface area contributed by atoms with Gasteiger partial charge in [-0.3, -0.25) is 19.4 Å². The van der Waals surface area contributed by atoms with E-state index in [1.54, 1.807) is 14.1 Å². The fourth-order valence-electron chi connectivity index (χ4n) is 6.78. The molecule has 4 unspecified atom stereocenters. The lowest BCUT2D eigenvalue weighted by Gasteiger charge is -2.37. The van der Waals surface area contributed by atoms with Gasteiger partial charge in [0.05, 0.1) is 25.4 Å². The standard InChI is InChI=1S/2C22H27ClN2O3.4ClH.H2O/c2*1-16(12-17-6-8-20(9-7-17)28-15-22(26)24-2)25-10-11-27-21(14-25)18-4-3-5-19(23)13-18;;;;;/h2*3-9,13,16,21H,10-12,14-15H2,1-2H3,(H,24,26);4*1H;1H2. The molecule has 2 aliphatic rings. The second-order valence-corrected chi connectivity index (χ2v) is 15.0. The van der Waals surface area contributed by atoms with E-state index in [9.17, 15) is 9.59 Å². The number of nitrogens with one attached hydrogen (secondary N) is 2. The lowest BCUT2D eigenvalue weighted by atomic mass is 10.0. The van der Waals surface area contributed by atoms with E-state index in [-0.39, 0.29) is 92.3 Å². The van der Waals surface area contributed by atoms with Crippen LogP contribution in [0.3, 0.4) is 0 Å². The van der Waals surface area contributed by atoms with Crippen molar-refractivity contribution in [2.45, 2.75) is 51.0 Å². The molecule has 0 spiro atoms. The fraction of sp³-hybridized carbons (Fsp3) is 0.409. The molecule has 0 aromatic heterocycles. The maximum atomic E-state index is 11.3. The zero-order valence-electron chi connectivity index (χ0n) is 34.9. The van der Waals surface area contributed by atoms with Crippen molar-refractivity contribution >= 4 is 84.6 Å². The van der Waals surface area contributed by atoms with Gasteiger partial charge in [0.15, 0.2) is 13.2 Å². The molecule has 2 amide bonds. The Morgan fingerprint density at radius 3 is 1.33 bits per heavy atom. The minimum atomic E-state index is -0.140. The van der Waals surface area contributed by atoms with E-state index in [2.05, 4.69) is 70.7 Å². The third-order valence-corrected chi connectivity index (χ3v) is 10.6. The highest BCUT2D eigenvalue weighted by Crippen LogP contribution is 2.28. The van der Waals surface area contributed by atoms with Crippen LogP contribution < -0.4 is 20.1 Å². The lowest BCUT2D eigenvalue weighted by molar-refractivity contribution is -0.123. The van der Waals surface area contributed by atoms with Crippen molar-refractivity contribution in [1.29, 1.82) is 0 Å². The molecular formula is C44H60Cl6N4O7. The number of nitrogens with zero attached hydrogens (tertiary/aromatic N) is 2. The van der Waals surface area contributed by atoms with Crippen molar-refractivity contribution in [2.75, 3.05) is 66.7 Å². The van der Waals surface area contributed by atoms with Gasteiger partial charge in [0.2, 0.25) is 0 Å². The summed E-state index contributed by atoms with van der Waals surface area (Å²) in [5.41, 5.74) is 4.74. The Morgan fingerprint density at radius 2 is 1.00 bits per heavy atom. The third-order valence-electron chi connectivity index (χ3n) is 10.1. The molecule has 0 bridgehead atoms. The molecule has 0 radical (unpaired) electrons. The number of hydrogen-bond acceptors (Lipinski definition) is 8. The summed E-state index contributed by atoms with van der Waals surface area (Å²) < 4.78 is 22.9. The average Bonchev–Trinajstić information content (AvgIpc) is 3.23. The topological polar surface area (TPSA) is 133 Å². The molecule has 61 heavy (non-hydrogen) atoms. The van der Waals surface area contributed by atoms with Crippen molar-refractivity contribution in [3.63, 3.8) is 0 Å². The van der Waals surface area contributed by atoms with Gasteiger partial charge in [-0.25, -0.2) is 0 Å². The van der Waals surface area contributed by atoms with Gasteiger partial charge in [-0.2, -0.15) is 0 Å². The van der Waals surface area contributed by atoms with Gasteiger partial charge in [0, 0.05) is 62.4 Å². The van der Waals surface area contributed by atoms with Crippen LogP contribution in [0.25, 0.3) is 0 Å². The number of carbonyl (C=O) groups is 2. The minimum absolute atomic E-state index is 0. The predicted octanol–water partition coefficient (Wildman–Crippen LogP) is 7.80. The molecule has 11 nitrogen and oxygen atoms in total. The summed E-state index contributed by atoms with van der Waals surface area (Å²) in [7, 11) is 3.19. The number of rotatable bonds is 14. The molecule has 0 aliphatic carbocycles. The van der Waals surface area contributed by atoms with Crippen LogP contribution in [0.4, 0.5) is 0 Å². The first-order chi connectivity index (χ1) is 27.1. The molecule has 2 saturated heterocycles. The van der Waals surface area contributed by atoms with Crippen molar-refractivity contribution in [1.82, 2.24) is 20.4 Å². The summed E-state index contributed by atoms with van der Waals surface area (Å²) in [6.45, 7) is 9.55. The van der Waals surface area contributed by atoms with E-state index in [4.69, 9.17) is 42.1 Å². The van der Waals surface area contributed by atoms with E-state index in [0.29, 0.717) is 36.8 Å². The van der Waals surface area contributed by atoms with E-state index in [1.807, 2.05) is 60.7 Å². The van der Waals surface area contributed by atoms with E-state index >= 15 is 0 Å². The smallest absolute Gasteiger partial charge is 0.257 e. The lowest BCUT2D eigenvalue weighted by Crippen LogP contribution is -2.44. The zero-order chi connectivity index (χ0) is 39.9. The highest BCUT2D eigenvalue weighted by atomic mass is 35.5. The Kier molecular flexibility index (Phi) is 28.6. The van der Waals surface area contributed by atoms with Crippen LogP contribution in [0, 0.1) is 0 Å².